The molecule has 0 fully saturated rings. The van der Waals surface area contributed by atoms with Gasteiger partial charge in [-0.25, -0.2) is 0 Å². The van der Waals surface area contributed by atoms with E-state index < -0.39 is 0 Å². The maximum absolute atomic E-state index is 12.3. The molecule has 2 rings (SSSR count). The second kappa shape index (κ2) is 6.15. The number of esters is 1. The van der Waals surface area contributed by atoms with Crippen LogP contribution in [0.4, 0.5) is 0 Å². The number of Topliss-reactive ketones (excluding diaryl/α,β-unsaturated/α-hetero) is 1. The van der Waals surface area contributed by atoms with Crippen LogP contribution in [0.15, 0.2) is 54.6 Å². The van der Waals surface area contributed by atoms with E-state index in [9.17, 15) is 9.59 Å². The highest BCUT2D eigenvalue weighted by Gasteiger charge is 2.16. The average molecular weight is 268 g/mol. The topological polar surface area (TPSA) is 43.4 Å². The first-order chi connectivity index (χ1) is 9.58. The molecule has 0 unspecified atom stereocenters. The van der Waals surface area contributed by atoms with Gasteiger partial charge in [-0.05, 0) is 17.7 Å². The Kier molecular flexibility index (Phi) is 4.31. The van der Waals surface area contributed by atoms with E-state index in [4.69, 9.17) is 4.74 Å². The van der Waals surface area contributed by atoms with Crippen LogP contribution in [0.1, 0.15) is 35.7 Å². The summed E-state index contributed by atoms with van der Waals surface area (Å²) in [5.74, 6) is -0.0265. The Labute approximate surface area is 118 Å². The van der Waals surface area contributed by atoms with Crippen LogP contribution >= 0.6 is 0 Å². The van der Waals surface area contributed by atoms with Gasteiger partial charge in [0, 0.05) is 18.4 Å². The van der Waals surface area contributed by atoms with Crippen molar-refractivity contribution in [2.24, 2.45) is 0 Å². The first-order valence-electron chi connectivity index (χ1n) is 6.45. The summed E-state index contributed by atoms with van der Waals surface area (Å²) in [6.45, 7) is 3.23. The molecule has 0 aromatic heterocycles. The minimum Gasteiger partial charge on any atom is -0.427 e. The fourth-order valence-corrected chi connectivity index (χ4v) is 1.99. The van der Waals surface area contributed by atoms with Gasteiger partial charge in [-0.2, -0.15) is 0 Å². The Bertz CT molecular complexity index is 600. The van der Waals surface area contributed by atoms with Crippen molar-refractivity contribution in [2.45, 2.75) is 19.8 Å². The van der Waals surface area contributed by atoms with Crippen molar-refractivity contribution in [2.75, 3.05) is 0 Å². The lowest BCUT2D eigenvalue weighted by molar-refractivity contribution is -0.131. The van der Waals surface area contributed by atoms with Gasteiger partial charge in [0.2, 0.25) is 0 Å². The molecule has 0 aliphatic carbocycles. The Morgan fingerprint density at radius 2 is 1.55 bits per heavy atom. The number of hydrogen-bond donors (Lipinski definition) is 0. The smallest absolute Gasteiger partial charge is 0.308 e. The van der Waals surface area contributed by atoms with Crippen molar-refractivity contribution in [3.8, 4) is 5.75 Å². The summed E-state index contributed by atoms with van der Waals surface area (Å²) in [6, 6.07) is 16.2. The Morgan fingerprint density at radius 1 is 0.950 bits per heavy atom. The molecule has 0 amide bonds. The van der Waals surface area contributed by atoms with E-state index in [-0.39, 0.29) is 17.7 Å². The number of ketones is 1. The predicted molar refractivity (Wildman–Crippen MR) is 76.9 cm³/mol. The predicted octanol–water partition coefficient (Wildman–Crippen LogP) is 3.60. The van der Waals surface area contributed by atoms with Crippen molar-refractivity contribution >= 4 is 11.8 Å². The first kappa shape index (κ1) is 14.0. The van der Waals surface area contributed by atoms with Gasteiger partial charge in [0.25, 0.3) is 0 Å². The largest absolute Gasteiger partial charge is 0.427 e. The number of ether oxygens (including phenoxy) is 1. The van der Waals surface area contributed by atoms with Gasteiger partial charge in [-0.3, -0.25) is 9.59 Å². The second-order valence-electron chi connectivity index (χ2n) is 4.61. The van der Waals surface area contributed by atoms with Crippen molar-refractivity contribution < 1.29 is 14.3 Å². The molecule has 102 valence electrons. The third-order valence-electron chi connectivity index (χ3n) is 3.09. The molecule has 2 aromatic carbocycles. The minimum atomic E-state index is -0.355. The van der Waals surface area contributed by atoms with E-state index >= 15 is 0 Å². The third kappa shape index (κ3) is 3.32. The first-order valence-corrected chi connectivity index (χ1v) is 6.45. The lowest BCUT2D eigenvalue weighted by Gasteiger charge is -2.11. The number of hydrogen-bond acceptors (Lipinski definition) is 3. The molecular formula is C17H16O3. The maximum atomic E-state index is 12.3. The lowest BCUT2D eigenvalue weighted by atomic mass is 9.92. The number of benzene rings is 2. The summed E-state index contributed by atoms with van der Waals surface area (Å²) in [4.78, 5) is 23.2. The molecule has 2 aromatic rings. The molecule has 0 radical (unpaired) electrons. The highest BCUT2D eigenvalue weighted by Crippen LogP contribution is 2.23. The van der Waals surface area contributed by atoms with Gasteiger partial charge >= 0.3 is 5.97 Å². The normalized spacial score (nSPS) is 11.7. The van der Waals surface area contributed by atoms with Crippen LogP contribution in [0, 0.1) is 0 Å². The fraction of sp³-hybridized carbons (Fsp3) is 0.176. The van der Waals surface area contributed by atoms with Crippen LogP contribution in [0.2, 0.25) is 0 Å². The number of rotatable bonds is 4. The molecule has 0 aliphatic heterocycles. The summed E-state index contributed by atoms with van der Waals surface area (Å²) in [7, 11) is 0. The highest BCUT2D eigenvalue weighted by molar-refractivity contribution is 6.00. The van der Waals surface area contributed by atoms with Crippen molar-refractivity contribution in [3.63, 3.8) is 0 Å². The van der Waals surface area contributed by atoms with Gasteiger partial charge in [0.05, 0.1) is 0 Å². The molecule has 0 aliphatic rings. The van der Waals surface area contributed by atoms with Crippen molar-refractivity contribution in [3.05, 3.63) is 65.7 Å². The van der Waals surface area contributed by atoms with Gasteiger partial charge < -0.3 is 4.74 Å². The lowest BCUT2D eigenvalue weighted by Crippen LogP contribution is -2.09. The molecule has 3 nitrogen and oxygen atoms in total. The van der Waals surface area contributed by atoms with Crippen LogP contribution in [0.3, 0.4) is 0 Å². The Hall–Kier alpha value is -2.42. The zero-order valence-electron chi connectivity index (χ0n) is 11.5. The minimum absolute atomic E-state index is 0.0748. The number of carbonyl (C=O) groups excluding carboxylic acids is 2. The van der Waals surface area contributed by atoms with Gasteiger partial charge in [0.1, 0.15) is 5.75 Å². The van der Waals surface area contributed by atoms with E-state index in [1.807, 2.05) is 49.4 Å². The Morgan fingerprint density at radius 3 is 2.10 bits per heavy atom. The van der Waals surface area contributed by atoms with E-state index in [1.165, 1.54) is 6.92 Å². The van der Waals surface area contributed by atoms with E-state index in [2.05, 4.69) is 0 Å². The van der Waals surface area contributed by atoms with Crippen LogP contribution in [0.25, 0.3) is 0 Å². The Balaban J connectivity index is 2.15. The van der Waals surface area contributed by atoms with Gasteiger partial charge in [-0.15, -0.1) is 0 Å². The molecule has 0 heterocycles. The zero-order chi connectivity index (χ0) is 14.5. The van der Waals surface area contributed by atoms with Gasteiger partial charge in [0.15, 0.2) is 5.78 Å². The average Bonchev–Trinajstić information content (AvgIpc) is 2.47. The van der Waals surface area contributed by atoms with E-state index in [1.54, 1.807) is 12.1 Å². The molecule has 3 heteroatoms. The fourth-order valence-electron chi connectivity index (χ4n) is 1.99. The molecule has 0 N–H and O–H groups in total. The SMILES string of the molecule is CC(=O)Oc1ccc([C@@H](C)C(=O)c2ccccc2)cc1. The second-order valence-corrected chi connectivity index (χ2v) is 4.61. The van der Waals surface area contributed by atoms with E-state index in [0.29, 0.717) is 11.3 Å². The molecule has 20 heavy (non-hydrogen) atoms. The zero-order valence-corrected chi connectivity index (χ0v) is 11.5. The van der Waals surface area contributed by atoms with Crippen LogP contribution in [-0.2, 0) is 4.79 Å². The summed E-state index contributed by atoms with van der Waals surface area (Å²) < 4.78 is 4.97. The van der Waals surface area contributed by atoms with Crippen LogP contribution in [0.5, 0.6) is 5.75 Å². The summed E-state index contributed by atoms with van der Waals surface area (Å²) in [5.41, 5.74) is 1.60. The maximum Gasteiger partial charge on any atom is 0.308 e. The summed E-state index contributed by atoms with van der Waals surface area (Å²) in [6.07, 6.45) is 0. The molecular weight excluding hydrogens is 252 g/mol. The molecule has 0 saturated carbocycles. The molecule has 0 spiro atoms. The van der Waals surface area contributed by atoms with Crippen molar-refractivity contribution in [1.82, 2.24) is 0 Å². The number of carbonyl (C=O) groups is 2. The molecule has 0 bridgehead atoms. The van der Waals surface area contributed by atoms with Crippen LogP contribution < -0.4 is 4.74 Å². The standard InChI is InChI=1S/C17H16O3/c1-12(17(19)15-6-4-3-5-7-15)14-8-10-16(11-9-14)20-13(2)18/h3-12H,1-2H3/t12-/m1/s1. The van der Waals surface area contributed by atoms with E-state index in [0.717, 1.165) is 5.56 Å². The summed E-state index contributed by atoms with van der Waals surface area (Å²) in [5, 5.41) is 0. The highest BCUT2D eigenvalue weighted by atomic mass is 16.5. The monoisotopic (exact) mass is 268 g/mol. The quantitative estimate of drug-likeness (QED) is 0.483. The molecule has 0 saturated heterocycles. The van der Waals surface area contributed by atoms with Gasteiger partial charge in [-0.1, -0.05) is 49.4 Å². The molecule has 1 atom stereocenters. The summed E-state index contributed by atoms with van der Waals surface area (Å²) >= 11 is 0. The van der Waals surface area contributed by atoms with Crippen molar-refractivity contribution in [1.29, 1.82) is 0 Å². The third-order valence-corrected chi connectivity index (χ3v) is 3.09. The van der Waals surface area contributed by atoms with Crippen LogP contribution in [-0.4, -0.2) is 11.8 Å².